The second-order valence-electron chi connectivity index (χ2n) is 5.39. The van der Waals surface area contributed by atoms with Gasteiger partial charge in [0.2, 0.25) is 20.0 Å². The first-order valence-corrected chi connectivity index (χ1v) is 10.4. The summed E-state index contributed by atoms with van der Waals surface area (Å²) in [7, 11) is -7.36. The number of rotatable bonds is 7. The molecule has 0 unspecified atom stereocenters. The number of hydrogen-bond acceptors (Lipinski definition) is 6. The van der Waals surface area contributed by atoms with Crippen LogP contribution in [0.3, 0.4) is 0 Å². The van der Waals surface area contributed by atoms with E-state index < -0.39 is 20.0 Å². The molecule has 10 heteroatoms. The van der Waals surface area contributed by atoms with E-state index in [0.29, 0.717) is 12.4 Å². The molecule has 0 atom stereocenters. The van der Waals surface area contributed by atoms with Crippen molar-refractivity contribution in [1.82, 2.24) is 9.44 Å². The third-order valence-corrected chi connectivity index (χ3v) is 6.32. The summed E-state index contributed by atoms with van der Waals surface area (Å²) in [5.74, 6) is 0.210. The smallest absolute Gasteiger partial charge is 0.244 e. The van der Waals surface area contributed by atoms with Crippen molar-refractivity contribution < 1.29 is 26.3 Å². The Hall–Kier alpha value is -1.36. The van der Waals surface area contributed by atoms with E-state index in [0.717, 1.165) is 12.8 Å². The van der Waals surface area contributed by atoms with Crippen LogP contribution in [0, 0.1) is 0 Å². The van der Waals surface area contributed by atoms with Gasteiger partial charge in [-0.3, -0.25) is 0 Å². The summed E-state index contributed by atoms with van der Waals surface area (Å²) in [6.45, 7) is 0.406. The van der Waals surface area contributed by atoms with Gasteiger partial charge in [-0.1, -0.05) is 6.07 Å². The average molecular weight is 362 g/mol. The van der Waals surface area contributed by atoms with E-state index in [9.17, 15) is 16.8 Å². The molecule has 1 aromatic carbocycles. The Bertz CT molecular complexity index is 787. The van der Waals surface area contributed by atoms with Crippen molar-refractivity contribution in [3.63, 3.8) is 0 Å². The normalized spacial score (nSPS) is 17.9. The third-order valence-electron chi connectivity index (χ3n) is 3.41. The van der Waals surface area contributed by atoms with Gasteiger partial charge in [-0.25, -0.2) is 26.3 Å². The fourth-order valence-electron chi connectivity index (χ4n) is 2.16. The molecule has 0 spiro atoms. The summed E-state index contributed by atoms with van der Waals surface area (Å²) in [6.07, 6.45) is 1.66. The second kappa shape index (κ2) is 6.27. The van der Waals surface area contributed by atoms with E-state index in [-0.39, 0.29) is 35.6 Å². The second-order valence-corrected chi connectivity index (χ2v) is 9.00. The van der Waals surface area contributed by atoms with Crippen molar-refractivity contribution in [2.24, 2.45) is 0 Å². The topological polar surface area (TPSA) is 111 Å². The Morgan fingerprint density at radius 1 is 1.09 bits per heavy atom. The van der Waals surface area contributed by atoms with Crippen LogP contribution in [0.4, 0.5) is 0 Å². The van der Waals surface area contributed by atoms with E-state index in [1.54, 1.807) is 12.1 Å². The van der Waals surface area contributed by atoms with Crippen molar-refractivity contribution in [2.45, 2.75) is 23.8 Å². The largest absolute Gasteiger partial charge is 0.486 e. The highest BCUT2D eigenvalue weighted by Gasteiger charge is 2.28. The molecule has 0 amide bonds. The van der Waals surface area contributed by atoms with Gasteiger partial charge in [0, 0.05) is 12.6 Å². The first kappa shape index (κ1) is 16.5. The Kier molecular flexibility index (Phi) is 4.50. The summed E-state index contributed by atoms with van der Waals surface area (Å²) in [5.41, 5.74) is 0. The Balaban J connectivity index is 1.67. The van der Waals surface area contributed by atoms with Gasteiger partial charge in [0.15, 0.2) is 11.5 Å². The lowest BCUT2D eigenvalue weighted by molar-refractivity contribution is 0.167. The number of para-hydroxylation sites is 1. The van der Waals surface area contributed by atoms with Gasteiger partial charge in [0.1, 0.15) is 18.1 Å². The summed E-state index contributed by atoms with van der Waals surface area (Å²) >= 11 is 0. The Morgan fingerprint density at radius 3 is 2.57 bits per heavy atom. The van der Waals surface area contributed by atoms with Crippen molar-refractivity contribution in [3.8, 4) is 11.5 Å². The lowest BCUT2D eigenvalue weighted by Gasteiger charge is -2.20. The highest BCUT2D eigenvalue weighted by atomic mass is 32.2. The summed E-state index contributed by atoms with van der Waals surface area (Å²) in [5, 5.41) is 0. The predicted octanol–water partition coefficient (Wildman–Crippen LogP) is -0.182. The molecule has 1 aliphatic heterocycles. The molecule has 0 saturated heterocycles. The van der Waals surface area contributed by atoms with E-state index in [1.807, 2.05) is 0 Å². The van der Waals surface area contributed by atoms with Crippen LogP contribution < -0.4 is 18.9 Å². The summed E-state index contributed by atoms with van der Waals surface area (Å²) in [4.78, 5) is -0.0535. The fraction of sp³-hybridized carbons (Fsp3) is 0.538. The van der Waals surface area contributed by atoms with Crippen LogP contribution in [-0.2, 0) is 20.0 Å². The lowest BCUT2D eigenvalue weighted by atomic mass is 10.3. The number of nitrogens with one attached hydrogen (secondary N) is 2. The van der Waals surface area contributed by atoms with Crippen molar-refractivity contribution in [2.75, 3.05) is 25.5 Å². The lowest BCUT2D eigenvalue weighted by Crippen LogP contribution is -2.35. The maximum Gasteiger partial charge on any atom is 0.244 e. The molecule has 3 rings (SSSR count). The van der Waals surface area contributed by atoms with Gasteiger partial charge < -0.3 is 9.47 Å². The molecule has 0 bridgehead atoms. The minimum Gasteiger partial charge on any atom is -0.486 e. The van der Waals surface area contributed by atoms with Crippen LogP contribution in [0.1, 0.15) is 12.8 Å². The quantitative estimate of drug-likeness (QED) is 0.696. The Labute approximate surface area is 135 Å². The van der Waals surface area contributed by atoms with Gasteiger partial charge in [0.25, 0.3) is 0 Å². The highest BCUT2D eigenvalue weighted by molar-refractivity contribution is 7.90. The van der Waals surface area contributed by atoms with Crippen molar-refractivity contribution in [3.05, 3.63) is 18.2 Å². The molecule has 1 fully saturated rings. The molecule has 1 heterocycles. The number of fused-ring (bicyclic) bond motifs is 1. The van der Waals surface area contributed by atoms with Gasteiger partial charge in [-0.2, -0.15) is 0 Å². The van der Waals surface area contributed by atoms with Crippen LogP contribution in [-0.4, -0.2) is 48.4 Å². The number of ether oxygens (including phenoxy) is 2. The Morgan fingerprint density at radius 2 is 1.83 bits per heavy atom. The van der Waals surface area contributed by atoms with Crippen LogP contribution in [0.2, 0.25) is 0 Å². The highest BCUT2D eigenvalue weighted by Crippen LogP contribution is 2.36. The van der Waals surface area contributed by atoms with Gasteiger partial charge >= 0.3 is 0 Å². The molecular formula is C13H18N2O6S2. The molecule has 128 valence electrons. The first-order valence-electron chi connectivity index (χ1n) is 7.26. The van der Waals surface area contributed by atoms with E-state index in [4.69, 9.17) is 9.47 Å². The first-order chi connectivity index (χ1) is 10.9. The summed E-state index contributed by atoms with van der Waals surface area (Å²) < 4.78 is 63.7. The number of hydrogen-bond donors (Lipinski definition) is 2. The van der Waals surface area contributed by atoms with E-state index in [2.05, 4.69) is 9.44 Å². The summed E-state index contributed by atoms with van der Waals surface area (Å²) in [6, 6.07) is 4.57. The zero-order valence-corrected chi connectivity index (χ0v) is 14.0. The maximum absolute atomic E-state index is 12.4. The van der Waals surface area contributed by atoms with Crippen LogP contribution >= 0.6 is 0 Å². The van der Waals surface area contributed by atoms with Crippen molar-refractivity contribution >= 4 is 20.0 Å². The molecule has 0 aromatic heterocycles. The third kappa shape index (κ3) is 4.14. The molecule has 23 heavy (non-hydrogen) atoms. The average Bonchev–Trinajstić information content (AvgIpc) is 3.29. The standard InChI is InChI=1S/C13H18N2O6S2/c16-22(17,15-10-4-5-10)9-6-14-23(18,19)12-3-1-2-11-13(12)21-8-7-20-11/h1-3,10,14-15H,4-9H2. The SMILES string of the molecule is O=S(=O)(CCNS(=O)(=O)c1cccc2c1OCCO2)NC1CC1. The molecule has 1 aliphatic carbocycles. The molecule has 1 saturated carbocycles. The fourth-order valence-corrected chi connectivity index (χ4v) is 4.71. The molecule has 8 nitrogen and oxygen atoms in total. The van der Waals surface area contributed by atoms with Crippen molar-refractivity contribution in [1.29, 1.82) is 0 Å². The van der Waals surface area contributed by atoms with E-state index >= 15 is 0 Å². The number of sulfonamides is 2. The minimum absolute atomic E-state index is 0.00305. The van der Waals surface area contributed by atoms with Crippen LogP contribution in [0.25, 0.3) is 0 Å². The van der Waals surface area contributed by atoms with Gasteiger partial charge in [-0.05, 0) is 25.0 Å². The maximum atomic E-state index is 12.4. The van der Waals surface area contributed by atoms with Gasteiger partial charge in [-0.15, -0.1) is 0 Å². The van der Waals surface area contributed by atoms with Gasteiger partial charge in [0.05, 0.1) is 5.75 Å². The monoisotopic (exact) mass is 362 g/mol. The minimum atomic E-state index is -3.88. The molecule has 2 aliphatic rings. The van der Waals surface area contributed by atoms with Crippen LogP contribution in [0.15, 0.2) is 23.1 Å². The number of benzene rings is 1. The van der Waals surface area contributed by atoms with Crippen LogP contribution in [0.5, 0.6) is 11.5 Å². The predicted molar refractivity (Wildman–Crippen MR) is 82.6 cm³/mol. The zero-order chi connectivity index (χ0) is 16.5. The van der Waals surface area contributed by atoms with E-state index in [1.165, 1.54) is 6.07 Å². The molecular weight excluding hydrogens is 344 g/mol. The molecule has 0 radical (unpaired) electrons. The zero-order valence-electron chi connectivity index (χ0n) is 12.3. The molecule has 2 N–H and O–H groups in total. The molecule has 1 aromatic rings.